The van der Waals surface area contributed by atoms with E-state index in [1.54, 1.807) is 25.1 Å². The number of para-hydroxylation sites is 1. The summed E-state index contributed by atoms with van der Waals surface area (Å²) < 4.78 is 28.5. The standard InChI is InChI=1S/C22H18F2N2O2/c1-3-20(27)26(21-17(23)8-5-9-18(21)24)19-11-10-16(13-25-19)22(28)15-7-4-6-14(2)12-15/h4-13H,3H2,1-2H3. The van der Waals surface area contributed by atoms with Crippen molar-refractivity contribution in [2.75, 3.05) is 4.90 Å². The van der Waals surface area contributed by atoms with Crippen LogP contribution < -0.4 is 4.90 Å². The molecule has 0 radical (unpaired) electrons. The lowest BCUT2D eigenvalue weighted by atomic mass is 10.0. The zero-order valence-electron chi connectivity index (χ0n) is 15.4. The SMILES string of the molecule is CCC(=O)N(c1ccc(C(=O)c2cccc(C)c2)cn1)c1c(F)cccc1F. The highest BCUT2D eigenvalue weighted by molar-refractivity contribution is 6.09. The molecule has 0 aliphatic carbocycles. The van der Waals surface area contributed by atoms with Crippen LogP contribution in [-0.2, 0) is 4.79 Å². The third kappa shape index (κ3) is 3.81. The number of hydrogen-bond acceptors (Lipinski definition) is 3. The van der Waals surface area contributed by atoms with Gasteiger partial charge in [-0.05, 0) is 37.3 Å². The number of nitrogens with zero attached hydrogens (tertiary/aromatic N) is 2. The molecule has 0 fully saturated rings. The highest BCUT2D eigenvalue weighted by Gasteiger charge is 2.24. The Hall–Kier alpha value is -3.41. The van der Waals surface area contributed by atoms with Crippen molar-refractivity contribution >= 4 is 23.2 Å². The summed E-state index contributed by atoms with van der Waals surface area (Å²) in [6.07, 6.45) is 1.33. The number of benzene rings is 2. The highest BCUT2D eigenvalue weighted by atomic mass is 19.1. The molecule has 0 aliphatic heterocycles. The van der Waals surface area contributed by atoms with E-state index in [1.807, 2.05) is 13.0 Å². The minimum atomic E-state index is -0.872. The van der Waals surface area contributed by atoms with Crippen LogP contribution in [-0.4, -0.2) is 16.7 Å². The summed E-state index contributed by atoms with van der Waals surface area (Å²) in [7, 11) is 0. The molecule has 0 spiro atoms. The van der Waals surface area contributed by atoms with E-state index in [9.17, 15) is 18.4 Å². The van der Waals surface area contributed by atoms with E-state index in [-0.39, 0.29) is 18.0 Å². The third-order valence-corrected chi connectivity index (χ3v) is 4.23. The van der Waals surface area contributed by atoms with Gasteiger partial charge in [-0.3, -0.25) is 14.5 Å². The number of hydrogen-bond donors (Lipinski definition) is 0. The van der Waals surface area contributed by atoms with Gasteiger partial charge in [-0.15, -0.1) is 0 Å². The van der Waals surface area contributed by atoms with E-state index >= 15 is 0 Å². The van der Waals surface area contributed by atoms with Crippen molar-refractivity contribution in [1.82, 2.24) is 4.98 Å². The molecular weight excluding hydrogens is 362 g/mol. The smallest absolute Gasteiger partial charge is 0.232 e. The molecule has 4 nitrogen and oxygen atoms in total. The number of carbonyl (C=O) groups is 2. The summed E-state index contributed by atoms with van der Waals surface area (Å²) in [6, 6.07) is 13.4. The number of halogens is 2. The van der Waals surface area contributed by atoms with Gasteiger partial charge in [0, 0.05) is 23.7 Å². The first-order valence-corrected chi connectivity index (χ1v) is 8.76. The lowest BCUT2D eigenvalue weighted by molar-refractivity contribution is -0.117. The van der Waals surface area contributed by atoms with Crippen LogP contribution in [0.5, 0.6) is 0 Å². The van der Waals surface area contributed by atoms with Gasteiger partial charge in [0.1, 0.15) is 23.1 Å². The number of ketones is 1. The second-order valence-electron chi connectivity index (χ2n) is 6.26. The molecule has 0 N–H and O–H groups in total. The largest absolute Gasteiger partial charge is 0.289 e. The molecule has 2 aromatic carbocycles. The molecule has 1 heterocycles. The lowest BCUT2D eigenvalue weighted by Crippen LogP contribution is -2.27. The number of aromatic nitrogens is 1. The number of rotatable bonds is 5. The summed E-state index contributed by atoms with van der Waals surface area (Å²) in [5.41, 5.74) is 1.29. The van der Waals surface area contributed by atoms with E-state index in [0.717, 1.165) is 22.6 Å². The maximum atomic E-state index is 14.2. The van der Waals surface area contributed by atoms with E-state index in [1.165, 1.54) is 24.4 Å². The summed E-state index contributed by atoms with van der Waals surface area (Å²) >= 11 is 0. The maximum absolute atomic E-state index is 14.2. The van der Waals surface area contributed by atoms with Crippen molar-refractivity contribution in [3.63, 3.8) is 0 Å². The van der Waals surface area contributed by atoms with E-state index in [4.69, 9.17) is 0 Å². The summed E-state index contributed by atoms with van der Waals surface area (Å²) in [5.74, 6) is -2.45. The molecule has 0 saturated carbocycles. The van der Waals surface area contributed by atoms with Gasteiger partial charge in [0.2, 0.25) is 5.91 Å². The van der Waals surface area contributed by atoms with Crippen molar-refractivity contribution in [3.8, 4) is 0 Å². The van der Waals surface area contributed by atoms with Crippen molar-refractivity contribution in [2.24, 2.45) is 0 Å². The van der Waals surface area contributed by atoms with E-state index in [2.05, 4.69) is 4.98 Å². The molecule has 0 saturated heterocycles. The Balaban J connectivity index is 1.99. The Labute approximate surface area is 161 Å². The number of pyridine rings is 1. The van der Waals surface area contributed by atoms with Crippen LogP contribution >= 0.6 is 0 Å². The molecule has 0 aliphatic rings. The van der Waals surface area contributed by atoms with Gasteiger partial charge in [-0.25, -0.2) is 13.8 Å². The first-order chi connectivity index (χ1) is 13.4. The Morgan fingerprint density at radius 1 is 0.964 bits per heavy atom. The molecule has 3 rings (SSSR count). The van der Waals surface area contributed by atoms with Crippen molar-refractivity contribution in [2.45, 2.75) is 20.3 Å². The third-order valence-electron chi connectivity index (χ3n) is 4.23. The normalized spacial score (nSPS) is 10.6. The Kier molecular flexibility index (Phi) is 5.59. The van der Waals surface area contributed by atoms with Crippen LogP contribution in [0, 0.1) is 18.6 Å². The first kappa shape index (κ1) is 19.4. The molecule has 6 heteroatoms. The van der Waals surface area contributed by atoms with Crippen LogP contribution in [0.4, 0.5) is 20.3 Å². The second-order valence-corrected chi connectivity index (χ2v) is 6.26. The van der Waals surface area contributed by atoms with Crippen LogP contribution in [0.15, 0.2) is 60.8 Å². The van der Waals surface area contributed by atoms with E-state index < -0.39 is 23.2 Å². The molecular formula is C22H18F2N2O2. The number of carbonyl (C=O) groups excluding carboxylic acids is 2. The highest BCUT2D eigenvalue weighted by Crippen LogP contribution is 2.30. The molecule has 0 unspecified atom stereocenters. The Morgan fingerprint density at radius 3 is 2.21 bits per heavy atom. The fourth-order valence-electron chi connectivity index (χ4n) is 2.83. The average molecular weight is 380 g/mol. The molecule has 0 atom stereocenters. The molecule has 1 aromatic heterocycles. The number of aryl methyl sites for hydroxylation is 1. The molecule has 1 amide bonds. The maximum Gasteiger partial charge on any atom is 0.232 e. The van der Waals surface area contributed by atoms with Gasteiger partial charge in [-0.2, -0.15) is 0 Å². The fourth-order valence-corrected chi connectivity index (χ4v) is 2.83. The predicted octanol–water partition coefficient (Wildman–Crippen LogP) is 4.97. The topological polar surface area (TPSA) is 50.3 Å². The molecule has 3 aromatic rings. The van der Waals surface area contributed by atoms with Crippen LogP contribution in [0.3, 0.4) is 0 Å². The summed E-state index contributed by atoms with van der Waals surface area (Å²) in [4.78, 5) is 30.0. The summed E-state index contributed by atoms with van der Waals surface area (Å²) in [6.45, 7) is 3.47. The van der Waals surface area contributed by atoms with Crippen LogP contribution in [0.1, 0.15) is 34.8 Å². The second kappa shape index (κ2) is 8.08. The first-order valence-electron chi connectivity index (χ1n) is 8.76. The minimum Gasteiger partial charge on any atom is -0.289 e. The van der Waals surface area contributed by atoms with Crippen LogP contribution in [0.25, 0.3) is 0 Å². The van der Waals surface area contributed by atoms with E-state index in [0.29, 0.717) is 11.1 Å². The van der Waals surface area contributed by atoms with Crippen molar-refractivity contribution in [3.05, 3.63) is 89.1 Å². The predicted molar refractivity (Wildman–Crippen MR) is 103 cm³/mol. The molecule has 28 heavy (non-hydrogen) atoms. The van der Waals surface area contributed by atoms with Gasteiger partial charge in [0.05, 0.1) is 0 Å². The zero-order chi connectivity index (χ0) is 20.3. The monoisotopic (exact) mass is 380 g/mol. The van der Waals surface area contributed by atoms with Crippen molar-refractivity contribution in [1.29, 1.82) is 0 Å². The fraction of sp³-hybridized carbons (Fsp3) is 0.136. The molecule has 142 valence electrons. The summed E-state index contributed by atoms with van der Waals surface area (Å²) in [5, 5.41) is 0. The lowest BCUT2D eigenvalue weighted by Gasteiger charge is -2.22. The Morgan fingerprint density at radius 2 is 1.64 bits per heavy atom. The quantitative estimate of drug-likeness (QED) is 0.587. The van der Waals surface area contributed by atoms with Gasteiger partial charge in [0.25, 0.3) is 0 Å². The van der Waals surface area contributed by atoms with Crippen LogP contribution in [0.2, 0.25) is 0 Å². The number of anilines is 2. The van der Waals surface area contributed by atoms with Crippen molar-refractivity contribution < 1.29 is 18.4 Å². The Bertz CT molecular complexity index is 1010. The van der Waals surface area contributed by atoms with Gasteiger partial charge >= 0.3 is 0 Å². The van der Waals surface area contributed by atoms with Gasteiger partial charge < -0.3 is 0 Å². The number of amides is 1. The zero-order valence-corrected chi connectivity index (χ0v) is 15.4. The van der Waals surface area contributed by atoms with Gasteiger partial charge in [0.15, 0.2) is 5.78 Å². The minimum absolute atomic E-state index is 0.0272. The molecule has 0 bridgehead atoms. The average Bonchev–Trinajstić information content (AvgIpc) is 2.70. The van der Waals surface area contributed by atoms with Gasteiger partial charge in [-0.1, -0.05) is 36.8 Å².